The number of halogens is 1. The Morgan fingerprint density at radius 3 is 2.00 bits per heavy atom. The summed E-state index contributed by atoms with van der Waals surface area (Å²) in [5.41, 5.74) is 8.45. The van der Waals surface area contributed by atoms with Crippen LogP contribution in [0.5, 0.6) is 0 Å². The highest BCUT2D eigenvalue weighted by Gasteiger charge is 2.35. The van der Waals surface area contributed by atoms with E-state index in [9.17, 15) is 14.0 Å². The lowest BCUT2D eigenvalue weighted by Gasteiger charge is -2.35. The number of benzene rings is 3. The van der Waals surface area contributed by atoms with Crippen LogP contribution in [0.4, 0.5) is 4.39 Å². The van der Waals surface area contributed by atoms with Gasteiger partial charge < -0.3 is 10.6 Å². The summed E-state index contributed by atoms with van der Waals surface area (Å²) < 4.78 is 14.0. The van der Waals surface area contributed by atoms with Gasteiger partial charge in [0.1, 0.15) is 11.9 Å². The van der Waals surface area contributed by atoms with E-state index in [0.717, 1.165) is 5.56 Å². The molecule has 3 aromatic rings. The molecule has 5 heteroatoms. The second-order valence-corrected chi connectivity index (χ2v) is 8.99. The van der Waals surface area contributed by atoms with Gasteiger partial charge in [0, 0.05) is 5.56 Å². The maximum atomic E-state index is 14.0. The van der Waals surface area contributed by atoms with Crippen LogP contribution in [0, 0.1) is 5.82 Å². The summed E-state index contributed by atoms with van der Waals surface area (Å²) in [4.78, 5) is 27.8. The molecule has 0 aliphatic carbocycles. The number of hydrogen-bond donors (Lipinski definition) is 1. The third-order valence-corrected chi connectivity index (χ3v) is 5.64. The van der Waals surface area contributed by atoms with Gasteiger partial charge in [0.2, 0.25) is 5.91 Å². The van der Waals surface area contributed by atoms with Gasteiger partial charge in [-0.15, -0.1) is 0 Å². The molecule has 0 aromatic heterocycles. The summed E-state index contributed by atoms with van der Waals surface area (Å²) in [6.45, 7) is 8.07. The molecule has 0 spiro atoms. The lowest BCUT2D eigenvalue weighted by molar-refractivity contribution is -0.123. The van der Waals surface area contributed by atoms with Crippen molar-refractivity contribution in [2.75, 3.05) is 0 Å². The van der Waals surface area contributed by atoms with E-state index in [2.05, 4.69) is 20.8 Å². The Morgan fingerprint density at radius 1 is 0.875 bits per heavy atom. The first kappa shape index (κ1) is 23.2. The van der Waals surface area contributed by atoms with Crippen molar-refractivity contribution in [1.82, 2.24) is 4.90 Å². The highest BCUT2D eigenvalue weighted by molar-refractivity contribution is 5.98. The minimum atomic E-state index is -1.01. The monoisotopic (exact) mass is 432 g/mol. The molecule has 166 valence electrons. The van der Waals surface area contributed by atoms with E-state index in [0.29, 0.717) is 16.7 Å². The van der Waals surface area contributed by atoms with Crippen LogP contribution >= 0.6 is 0 Å². The van der Waals surface area contributed by atoms with Gasteiger partial charge in [0.15, 0.2) is 0 Å². The molecule has 3 rings (SSSR count). The average Bonchev–Trinajstić information content (AvgIpc) is 2.76. The Bertz CT molecular complexity index is 1090. The number of rotatable bonds is 6. The zero-order valence-corrected chi connectivity index (χ0v) is 18.9. The van der Waals surface area contributed by atoms with E-state index in [1.165, 1.54) is 17.0 Å². The van der Waals surface area contributed by atoms with Gasteiger partial charge in [-0.25, -0.2) is 4.39 Å². The van der Waals surface area contributed by atoms with Gasteiger partial charge in [-0.3, -0.25) is 9.59 Å². The predicted octanol–water partition coefficient (Wildman–Crippen LogP) is 5.55. The molecule has 0 fully saturated rings. The summed E-state index contributed by atoms with van der Waals surface area (Å²) in [7, 11) is 0. The Morgan fingerprint density at radius 2 is 1.47 bits per heavy atom. The summed E-state index contributed by atoms with van der Waals surface area (Å²) in [5.74, 6) is -1.42. The van der Waals surface area contributed by atoms with Crippen LogP contribution in [0.3, 0.4) is 0 Å². The van der Waals surface area contributed by atoms with E-state index in [1.807, 2.05) is 18.2 Å². The van der Waals surface area contributed by atoms with E-state index >= 15 is 0 Å². The molecule has 2 amide bonds. The quantitative estimate of drug-likeness (QED) is 0.555. The van der Waals surface area contributed by atoms with Crippen molar-refractivity contribution in [1.29, 1.82) is 0 Å². The smallest absolute Gasteiger partial charge is 0.255 e. The molecule has 2 atom stereocenters. The fraction of sp³-hybridized carbons (Fsp3) is 0.259. The maximum absolute atomic E-state index is 14.0. The van der Waals surface area contributed by atoms with Crippen LogP contribution in [-0.4, -0.2) is 16.7 Å². The number of hydrogen-bond acceptors (Lipinski definition) is 2. The van der Waals surface area contributed by atoms with Gasteiger partial charge in [0.05, 0.1) is 6.04 Å². The molecular weight excluding hydrogens is 403 g/mol. The molecule has 0 heterocycles. The fourth-order valence-electron chi connectivity index (χ4n) is 3.80. The fourth-order valence-corrected chi connectivity index (χ4v) is 3.80. The summed E-state index contributed by atoms with van der Waals surface area (Å²) in [6, 6.07) is 20.7. The van der Waals surface area contributed by atoms with Crippen molar-refractivity contribution in [3.8, 4) is 0 Å². The predicted molar refractivity (Wildman–Crippen MR) is 125 cm³/mol. The first-order chi connectivity index (χ1) is 15.1. The lowest BCUT2D eigenvalue weighted by atomic mass is 9.86. The first-order valence-corrected chi connectivity index (χ1v) is 10.6. The van der Waals surface area contributed by atoms with Crippen LogP contribution in [0.15, 0.2) is 78.9 Å². The minimum Gasteiger partial charge on any atom is -0.368 e. The summed E-state index contributed by atoms with van der Waals surface area (Å²) in [5, 5.41) is 0. The Balaban J connectivity index is 2.11. The maximum Gasteiger partial charge on any atom is 0.255 e. The molecule has 0 saturated carbocycles. The summed E-state index contributed by atoms with van der Waals surface area (Å²) in [6.07, 6.45) is 0. The zero-order valence-electron chi connectivity index (χ0n) is 18.9. The van der Waals surface area contributed by atoms with Crippen molar-refractivity contribution >= 4 is 11.8 Å². The average molecular weight is 433 g/mol. The number of nitrogens with two attached hydrogens (primary N) is 1. The second-order valence-electron chi connectivity index (χ2n) is 8.99. The highest BCUT2D eigenvalue weighted by Crippen LogP contribution is 2.33. The number of nitrogens with zero attached hydrogens (tertiary/aromatic N) is 1. The normalized spacial score (nSPS) is 13.3. The number of carbonyl (C=O) groups is 2. The van der Waals surface area contributed by atoms with Crippen LogP contribution in [-0.2, 0) is 10.2 Å². The van der Waals surface area contributed by atoms with Gasteiger partial charge in [-0.1, -0.05) is 75.4 Å². The van der Waals surface area contributed by atoms with Crippen molar-refractivity contribution in [3.63, 3.8) is 0 Å². The van der Waals surface area contributed by atoms with Crippen LogP contribution < -0.4 is 5.73 Å². The van der Waals surface area contributed by atoms with Gasteiger partial charge >= 0.3 is 0 Å². The van der Waals surface area contributed by atoms with E-state index in [1.54, 1.807) is 55.5 Å². The standard InChI is InChI=1S/C27H29FN2O2/c1-18(21-11-8-12-23(28)17-21)30(24(25(29)31)19-9-6-5-7-10-19)26(32)20-13-15-22(16-14-20)27(2,3)4/h5-18,24H,1-4H3,(H2,29,31)/t18-,24-/m1/s1. The van der Waals surface area contributed by atoms with Crippen molar-refractivity contribution < 1.29 is 14.0 Å². The van der Waals surface area contributed by atoms with Crippen LogP contribution in [0.1, 0.15) is 66.8 Å². The third-order valence-electron chi connectivity index (χ3n) is 5.64. The van der Waals surface area contributed by atoms with Crippen molar-refractivity contribution in [2.24, 2.45) is 5.73 Å². The molecule has 0 bridgehead atoms. The van der Waals surface area contributed by atoms with Gasteiger partial charge in [-0.2, -0.15) is 0 Å². The lowest BCUT2D eigenvalue weighted by Crippen LogP contribution is -2.43. The van der Waals surface area contributed by atoms with Crippen LogP contribution in [0.2, 0.25) is 0 Å². The SMILES string of the molecule is C[C@H](c1cccc(F)c1)N(C(=O)c1ccc(C(C)(C)C)cc1)[C@@H](C(N)=O)c1ccccc1. The Hall–Kier alpha value is -3.47. The van der Waals surface area contributed by atoms with Gasteiger partial charge in [-0.05, 0) is 53.3 Å². The van der Waals surface area contributed by atoms with Crippen molar-refractivity contribution in [2.45, 2.75) is 45.2 Å². The Labute approximate surface area is 188 Å². The number of carbonyl (C=O) groups excluding carboxylic acids is 2. The molecule has 0 saturated heterocycles. The van der Waals surface area contributed by atoms with Crippen LogP contribution in [0.25, 0.3) is 0 Å². The first-order valence-electron chi connectivity index (χ1n) is 10.6. The number of primary amides is 1. The van der Waals surface area contributed by atoms with E-state index in [-0.39, 0.29) is 11.3 Å². The molecule has 3 aromatic carbocycles. The summed E-state index contributed by atoms with van der Waals surface area (Å²) >= 11 is 0. The molecule has 32 heavy (non-hydrogen) atoms. The zero-order chi connectivity index (χ0) is 23.5. The number of amides is 2. The third kappa shape index (κ3) is 5.05. The topological polar surface area (TPSA) is 63.4 Å². The molecule has 2 N–H and O–H groups in total. The largest absolute Gasteiger partial charge is 0.368 e. The second kappa shape index (κ2) is 9.35. The molecule has 0 unspecified atom stereocenters. The molecule has 0 radical (unpaired) electrons. The van der Waals surface area contributed by atoms with Gasteiger partial charge in [0.25, 0.3) is 5.91 Å². The molecule has 0 aliphatic heterocycles. The minimum absolute atomic E-state index is 0.0596. The molecule has 4 nitrogen and oxygen atoms in total. The Kier molecular flexibility index (Phi) is 6.78. The highest BCUT2D eigenvalue weighted by atomic mass is 19.1. The molecular formula is C27H29FN2O2. The molecule has 0 aliphatic rings. The van der Waals surface area contributed by atoms with E-state index in [4.69, 9.17) is 5.73 Å². The van der Waals surface area contributed by atoms with E-state index < -0.39 is 23.8 Å². The van der Waals surface area contributed by atoms with Crippen molar-refractivity contribution in [3.05, 3.63) is 107 Å².